The van der Waals surface area contributed by atoms with Gasteiger partial charge in [0, 0.05) is 44.5 Å². The largest absolute Gasteiger partial charge is 0.356 e. The van der Waals surface area contributed by atoms with Crippen LogP contribution < -0.4 is 9.80 Å². The molecule has 5 nitrogen and oxygen atoms in total. The molecular formula is C19H25N5. The molecule has 3 heterocycles. The van der Waals surface area contributed by atoms with E-state index in [1.54, 1.807) is 0 Å². The molecular weight excluding hydrogens is 298 g/mol. The summed E-state index contributed by atoms with van der Waals surface area (Å²) in [6.45, 7) is 4.16. The van der Waals surface area contributed by atoms with Gasteiger partial charge in [-0.2, -0.15) is 0 Å². The van der Waals surface area contributed by atoms with Gasteiger partial charge in [0.15, 0.2) is 0 Å². The molecule has 0 radical (unpaired) electrons. The van der Waals surface area contributed by atoms with Gasteiger partial charge < -0.3 is 9.80 Å². The van der Waals surface area contributed by atoms with Crippen LogP contribution in [0.4, 0.5) is 11.8 Å². The van der Waals surface area contributed by atoms with Crippen LogP contribution in [0.25, 0.3) is 0 Å². The van der Waals surface area contributed by atoms with E-state index in [9.17, 15) is 0 Å². The highest BCUT2D eigenvalue weighted by molar-refractivity contribution is 5.45. The zero-order chi connectivity index (χ0) is 16.7. The molecule has 1 aliphatic heterocycles. The Morgan fingerprint density at radius 1 is 1.17 bits per heavy atom. The number of anilines is 2. The Balaban J connectivity index is 1.69. The summed E-state index contributed by atoms with van der Waals surface area (Å²) in [7, 11) is 4.01. The van der Waals surface area contributed by atoms with E-state index >= 15 is 0 Å². The molecule has 1 fully saturated rings. The molecule has 0 saturated carbocycles. The lowest BCUT2D eigenvalue weighted by atomic mass is 9.77. The highest BCUT2D eigenvalue weighted by Crippen LogP contribution is 2.44. The van der Waals surface area contributed by atoms with Crippen LogP contribution >= 0.6 is 0 Å². The van der Waals surface area contributed by atoms with Crippen LogP contribution in [0.15, 0.2) is 24.4 Å². The minimum Gasteiger partial charge on any atom is -0.356 e. The summed E-state index contributed by atoms with van der Waals surface area (Å²) in [6.07, 6.45) is 6.72. The lowest BCUT2D eigenvalue weighted by Gasteiger charge is -2.41. The second-order valence-electron chi connectivity index (χ2n) is 7.38. The van der Waals surface area contributed by atoms with Crippen LogP contribution in [0.2, 0.25) is 0 Å². The molecule has 1 saturated heterocycles. The predicted molar refractivity (Wildman–Crippen MR) is 96.8 cm³/mol. The molecule has 5 heteroatoms. The number of pyridine rings is 1. The van der Waals surface area contributed by atoms with Crippen LogP contribution in [0.5, 0.6) is 0 Å². The fourth-order valence-corrected chi connectivity index (χ4v) is 4.18. The number of aryl methyl sites for hydroxylation is 2. The highest BCUT2D eigenvalue weighted by atomic mass is 15.2. The molecule has 0 N–H and O–H groups in total. The number of rotatable bonds is 2. The second kappa shape index (κ2) is 5.72. The van der Waals surface area contributed by atoms with Gasteiger partial charge in [-0.3, -0.25) is 0 Å². The van der Waals surface area contributed by atoms with E-state index < -0.39 is 0 Å². The van der Waals surface area contributed by atoms with Crippen molar-refractivity contribution in [2.75, 3.05) is 37.0 Å². The first-order chi connectivity index (χ1) is 11.6. The van der Waals surface area contributed by atoms with Gasteiger partial charge in [-0.05, 0) is 50.3 Å². The molecule has 1 unspecified atom stereocenters. The van der Waals surface area contributed by atoms with Crippen molar-refractivity contribution >= 4 is 11.8 Å². The lowest BCUT2D eigenvalue weighted by Crippen LogP contribution is -2.46. The van der Waals surface area contributed by atoms with Gasteiger partial charge in [-0.25, -0.2) is 15.0 Å². The number of nitrogens with zero attached hydrogens (tertiary/aromatic N) is 5. The molecule has 0 aromatic carbocycles. The van der Waals surface area contributed by atoms with Crippen molar-refractivity contribution in [3.8, 4) is 0 Å². The van der Waals surface area contributed by atoms with Gasteiger partial charge in [0.1, 0.15) is 5.82 Å². The first-order valence-electron chi connectivity index (χ1n) is 8.80. The standard InChI is InChI=1S/C19H25N5/c1-14-6-4-7-16(21-14)24-11-5-9-19(13-24)10-8-15-12-20-18(23(2)3)22-17(15)19/h4,6-7,12H,5,8-11,13H2,1-3H3. The normalized spacial score (nSPS) is 22.7. The summed E-state index contributed by atoms with van der Waals surface area (Å²) < 4.78 is 0. The minimum absolute atomic E-state index is 0.159. The fraction of sp³-hybridized carbons (Fsp3) is 0.526. The molecule has 0 amide bonds. The SMILES string of the molecule is Cc1cccc(N2CCCC3(CCc4cnc(N(C)C)nc43)C2)n1. The second-order valence-corrected chi connectivity index (χ2v) is 7.38. The summed E-state index contributed by atoms with van der Waals surface area (Å²) in [5.41, 5.74) is 3.85. The number of piperidine rings is 1. The average Bonchev–Trinajstić information content (AvgIpc) is 2.92. The van der Waals surface area contributed by atoms with Crippen LogP contribution in [0.3, 0.4) is 0 Å². The molecule has 24 heavy (non-hydrogen) atoms. The summed E-state index contributed by atoms with van der Waals surface area (Å²) in [5, 5.41) is 0. The summed E-state index contributed by atoms with van der Waals surface area (Å²) in [6, 6.07) is 6.30. The average molecular weight is 323 g/mol. The molecule has 1 atom stereocenters. The van der Waals surface area contributed by atoms with Crippen molar-refractivity contribution in [3.05, 3.63) is 41.3 Å². The summed E-state index contributed by atoms with van der Waals surface area (Å²) in [5.74, 6) is 1.92. The van der Waals surface area contributed by atoms with Gasteiger partial charge in [0.05, 0.1) is 5.69 Å². The highest BCUT2D eigenvalue weighted by Gasteiger charge is 2.44. The van der Waals surface area contributed by atoms with E-state index in [-0.39, 0.29) is 5.41 Å². The van der Waals surface area contributed by atoms with Crippen molar-refractivity contribution in [1.29, 1.82) is 0 Å². The monoisotopic (exact) mass is 323 g/mol. The number of hydrogen-bond donors (Lipinski definition) is 0. The Bertz CT molecular complexity index is 753. The van der Waals surface area contributed by atoms with Gasteiger partial charge in [-0.1, -0.05) is 6.07 Å². The first kappa shape index (κ1) is 15.4. The van der Waals surface area contributed by atoms with Crippen molar-refractivity contribution < 1.29 is 0 Å². The maximum absolute atomic E-state index is 4.94. The van der Waals surface area contributed by atoms with Gasteiger partial charge >= 0.3 is 0 Å². The quantitative estimate of drug-likeness (QED) is 0.850. The van der Waals surface area contributed by atoms with Crippen molar-refractivity contribution in [2.24, 2.45) is 0 Å². The van der Waals surface area contributed by atoms with Gasteiger partial charge in [0.25, 0.3) is 0 Å². The number of fused-ring (bicyclic) bond motifs is 2. The van der Waals surface area contributed by atoms with E-state index in [0.29, 0.717) is 0 Å². The number of aromatic nitrogens is 3. The van der Waals surface area contributed by atoms with Crippen LogP contribution in [0.1, 0.15) is 36.2 Å². The third kappa shape index (κ3) is 2.52. The Morgan fingerprint density at radius 2 is 2.04 bits per heavy atom. The van der Waals surface area contributed by atoms with E-state index in [2.05, 4.69) is 35.0 Å². The molecule has 1 spiro atoms. The molecule has 2 aliphatic rings. The van der Waals surface area contributed by atoms with E-state index in [1.807, 2.05) is 25.2 Å². The van der Waals surface area contributed by atoms with Gasteiger partial charge in [-0.15, -0.1) is 0 Å². The summed E-state index contributed by atoms with van der Waals surface area (Å²) in [4.78, 5) is 18.6. The maximum atomic E-state index is 4.94. The Hall–Kier alpha value is -2.17. The Kier molecular flexibility index (Phi) is 3.66. The number of hydrogen-bond acceptors (Lipinski definition) is 5. The van der Waals surface area contributed by atoms with Crippen molar-refractivity contribution in [1.82, 2.24) is 15.0 Å². The predicted octanol–water partition coefficient (Wildman–Crippen LogP) is 2.73. The molecule has 4 rings (SSSR count). The first-order valence-corrected chi connectivity index (χ1v) is 8.80. The Labute approximate surface area is 143 Å². The van der Waals surface area contributed by atoms with Crippen molar-refractivity contribution in [3.63, 3.8) is 0 Å². The van der Waals surface area contributed by atoms with Crippen LogP contribution in [-0.4, -0.2) is 42.1 Å². The van der Waals surface area contributed by atoms with Crippen LogP contribution in [-0.2, 0) is 11.8 Å². The lowest BCUT2D eigenvalue weighted by molar-refractivity contribution is 0.333. The van der Waals surface area contributed by atoms with Crippen LogP contribution in [0, 0.1) is 6.92 Å². The molecule has 1 aliphatic carbocycles. The zero-order valence-corrected chi connectivity index (χ0v) is 14.8. The van der Waals surface area contributed by atoms with E-state index in [1.165, 1.54) is 30.5 Å². The van der Waals surface area contributed by atoms with E-state index in [4.69, 9.17) is 9.97 Å². The van der Waals surface area contributed by atoms with Crippen molar-refractivity contribution in [2.45, 2.75) is 38.0 Å². The third-order valence-electron chi connectivity index (χ3n) is 5.40. The summed E-state index contributed by atoms with van der Waals surface area (Å²) >= 11 is 0. The van der Waals surface area contributed by atoms with Gasteiger partial charge in [0.2, 0.25) is 5.95 Å². The molecule has 0 bridgehead atoms. The maximum Gasteiger partial charge on any atom is 0.225 e. The van der Waals surface area contributed by atoms with E-state index in [0.717, 1.165) is 37.0 Å². The molecule has 2 aromatic heterocycles. The topological polar surface area (TPSA) is 45.2 Å². The third-order valence-corrected chi connectivity index (χ3v) is 5.40. The molecule has 2 aromatic rings. The fourth-order valence-electron chi connectivity index (χ4n) is 4.18. The minimum atomic E-state index is 0.159. The zero-order valence-electron chi connectivity index (χ0n) is 14.8. The molecule has 126 valence electrons. The Morgan fingerprint density at radius 3 is 2.83 bits per heavy atom. The smallest absolute Gasteiger partial charge is 0.225 e.